The van der Waals surface area contributed by atoms with Gasteiger partial charge in [-0.25, -0.2) is 0 Å². The molecule has 0 fully saturated rings. The van der Waals surface area contributed by atoms with Crippen LogP contribution in [0, 0.1) is 0 Å². The number of aliphatic hydroxyl groups is 1. The highest BCUT2D eigenvalue weighted by atomic mass is 16.5. The van der Waals surface area contributed by atoms with E-state index >= 15 is 0 Å². The quantitative estimate of drug-likeness (QED) is 0.644. The van der Waals surface area contributed by atoms with Crippen molar-refractivity contribution < 1.29 is 14.6 Å². The predicted octanol–water partition coefficient (Wildman–Crippen LogP) is 0.641. The number of carbonyl (C=O) groups excluding carboxylic acids is 1. The van der Waals surface area contributed by atoms with Crippen molar-refractivity contribution in [3.05, 3.63) is 0 Å². The Morgan fingerprint density at radius 3 is 2.36 bits per heavy atom. The van der Waals surface area contributed by atoms with Crippen LogP contribution < -0.4 is 0 Å². The van der Waals surface area contributed by atoms with Crippen molar-refractivity contribution in [2.75, 3.05) is 20.2 Å². The van der Waals surface area contributed by atoms with Gasteiger partial charge in [0.2, 0.25) is 0 Å². The first-order valence-electron chi connectivity index (χ1n) is 4.96. The third-order valence-corrected chi connectivity index (χ3v) is 2.12. The maximum atomic E-state index is 11.0. The molecule has 1 atom stereocenters. The van der Waals surface area contributed by atoms with Crippen LogP contribution in [-0.4, -0.2) is 48.3 Å². The molecule has 0 saturated heterocycles. The van der Waals surface area contributed by atoms with E-state index in [2.05, 4.69) is 4.74 Å². The zero-order valence-corrected chi connectivity index (χ0v) is 9.49. The van der Waals surface area contributed by atoms with E-state index in [9.17, 15) is 4.79 Å². The summed E-state index contributed by atoms with van der Waals surface area (Å²) in [4.78, 5) is 13.0. The van der Waals surface area contributed by atoms with Crippen LogP contribution in [0.4, 0.5) is 0 Å². The minimum Gasteiger partial charge on any atom is -0.468 e. The Kier molecular flexibility index (Phi) is 6.49. The van der Waals surface area contributed by atoms with Gasteiger partial charge in [-0.2, -0.15) is 0 Å². The van der Waals surface area contributed by atoms with Gasteiger partial charge in [0, 0.05) is 12.6 Å². The van der Waals surface area contributed by atoms with E-state index in [1.165, 1.54) is 7.11 Å². The lowest BCUT2D eigenvalue weighted by atomic mass is 10.2. The lowest BCUT2D eigenvalue weighted by Crippen LogP contribution is -2.37. The first kappa shape index (κ1) is 13.4. The summed E-state index contributed by atoms with van der Waals surface area (Å²) in [5.41, 5.74) is 0. The average molecular weight is 203 g/mol. The Balaban J connectivity index is 3.96. The zero-order valence-electron chi connectivity index (χ0n) is 9.49. The zero-order chi connectivity index (χ0) is 11.1. The lowest BCUT2D eigenvalue weighted by Gasteiger charge is -2.25. The van der Waals surface area contributed by atoms with Crippen molar-refractivity contribution in [3.63, 3.8) is 0 Å². The molecule has 0 aromatic rings. The third-order valence-electron chi connectivity index (χ3n) is 2.12. The van der Waals surface area contributed by atoms with Crippen LogP contribution in [0.25, 0.3) is 0 Å². The Morgan fingerprint density at radius 1 is 1.43 bits per heavy atom. The van der Waals surface area contributed by atoms with Gasteiger partial charge in [0.1, 0.15) is 0 Å². The van der Waals surface area contributed by atoms with Crippen LogP contribution in [0.2, 0.25) is 0 Å². The van der Waals surface area contributed by atoms with E-state index in [0.717, 1.165) is 0 Å². The van der Waals surface area contributed by atoms with Gasteiger partial charge >= 0.3 is 5.97 Å². The predicted molar refractivity (Wildman–Crippen MR) is 55.0 cm³/mol. The van der Waals surface area contributed by atoms with Gasteiger partial charge in [0.05, 0.1) is 19.8 Å². The molecule has 0 aromatic heterocycles. The summed E-state index contributed by atoms with van der Waals surface area (Å²) in [6.07, 6.45) is 0.351. The van der Waals surface area contributed by atoms with E-state index in [0.29, 0.717) is 19.5 Å². The SMILES string of the molecule is COC(=O)CN(CCC(C)O)C(C)C. The highest BCUT2D eigenvalue weighted by Gasteiger charge is 2.14. The second-order valence-electron chi connectivity index (χ2n) is 3.78. The van der Waals surface area contributed by atoms with Gasteiger partial charge in [-0.05, 0) is 27.2 Å². The maximum Gasteiger partial charge on any atom is 0.319 e. The van der Waals surface area contributed by atoms with Crippen LogP contribution in [0.5, 0.6) is 0 Å². The largest absolute Gasteiger partial charge is 0.468 e. The van der Waals surface area contributed by atoms with Crippen LogP contribution >= 0.6 is 0 Å². The van der Waals surface area contributed by atoms with E-state index in [1.54, 1.807) is 6.92 Å². The highest BCUT2D eigenvalue weighted by Crippen LogP contribution is 2.02. The minimum atomic E-state index is -0.325. The van der Waals surface area contributed by atoms with Gasteiger partial charge in [-0.3, -0.25) is 9.69 Å². The summed E-state index contributed by atoms with van der Waals surface area (Å²) in [6, 6.07) is 0.285. The summed E-state index contributed by atoms with van der Waals surface area (Å²) in [5, 5.41) is 9.13. The standard InChI is InChI=1S/C10H21NO3/c1-8(2)11(6-5-9(3)12)7-10(13)14-4/h8-9,12H,5-7H2,1-4H3. The summed E-state index contributed by atoms with van der Waals surface area (Å²) >= 11 is 0. The second kappa shape index (κ2) is 6.79. The molecule has 0 bridgehead atoms. The lowest BCUT2D eigenvalue weighted by molar-refractivity contribution is -0.142. The Labute approximate surface area is 85.9 Å². The van der Waals surface area contributed by atoms with E-state index in [4.69, 9.17) is 5.11 Å². The molecular formula is C10H21NO3. The molecule has 4 nitrogen and oxygen atoms in total. The molecule has 0 aliphatic heterocycles. The molecule has 0 aliphatic rings. The molecule has 0 heterocycles. The molecule has 0 rings (SSSR count). The highest BCUT2D eigenvalue weighted by molar-refractivity contribution is 5.71. The molecule has 0 aliphatic carbocycles. The molecule has 1 unspecified atom stereocenters. The summed E-state index contributed by atoms with van der Waals surface area (Å²) < 4.78 is 4.59. The third kappa shape index (κ3) is 5.94. The van der Waals surface area contributed by atoms with Crippen LogP contribution in [0.3, 0.4) is 0 Å². The molecule has 0 amide bonds. The van der Waals surface area contributed by atoms with Gasteiger partial charge in [-0.15, -0.1) is 0 Å². The molecular weight excluding hydrogens is 182 g/mol. The number of esters is 1. The molecule has 0 saturated carbocycles. The summed E-state index contributed by atoms with van der Waals surface area (Å²) in [5.74, 6) is -0.232. The van der Waals surface area contributed by atoms with E-state index in [1.807, 2.05) is 18.7 Å². The fourth-order valence-corrected chi connectivity index (χ4v) is 1.10. The molecule has 14 heavy (non-hydrogen) atoms. The molecule has 1 N–H and O–H groups in total. The normalized spacial score (nSPS) is 13.4. The number of aliphatic hydroxyl groups excluding tert-OH is 1. The number of methoxy groups -OCH3 is 1. The van der Waals surface area contributed by atoms with Crippen molar-refractivity contribution >= 4 is 5.97 Å². The van der Waals surface area contributed by atoms with Gasteiger partial charge in [0.15, 0.2) is 0 Å². The number of nitrogens with zero attached hydrogens (tertiary/aromatic N) is 1. The number of carbonyl (C=O) groups is 1. The first-order chi connectivity index (χ1) is 6.47. The van der Waals surface area contributed by atoms with Crippen molar-refractivity contribution in [2.45, 2.75) is 39.3 Å². The molecule has 84 valence electrons. The Bertz CT molecular complexity index is 169. The number of rotatable bonds is 6. The van der Waals surface area contributed by atoms with Gasteiger partial charge in [0.25, 0.3) is 0 Å². The van der Waals surface area contributed by atoms with Crippen molar-refractivity contribution in [1.29, 1.82) is 0 Å². The maximum absolute atomic E-state index is 11.0. The van der Waals surface area contributed by atoms with E-state index < -0.39 is 0 Å². The Hall–Kier alpha value is -0.610. The van der Waals surface area contributed by atoms with Gasteiger partial charge < -0.3 is 9.84 Å². The summed E-state index contributed by atoms with van der Waals surface area (Å²) in [7, 11) is 1.38. The summed E-state index contributed by atoms with van der Waals surface area (Å²) in [6.45, 7) is 6.79. The fourth-order valence-electron chi connectivity index (χ4n) is 1.10. The van der Waals surface area contributed by atoms with E-state index in [-0.39, 0.29) is 18.1 Å². The van der Waals surface area contributed by atoms with Crippen LogP contribution in [0.15, 0.2) is 0 Å². The van der Waals surface area contributed by atoms with Crippen molar-refractivity contribution in [2.24, 2.45) is 0 Å². The fraction of sp³-hybridized carbons (Fsp3) is 0.900. The van der Waals surface area contributed by atoms with Crippen LogP contribution in [0.1, 0.15) is 27.2 Å². The van der Waals surface area contributed by atoms with Crippen molar-refractivity contribution in [1.82, 2.24) is 4.90 Å². The molecule has 4 heteroatoms. The number of hydrogen-bond acceptors (Lipinski definition) is 4. The first-order valence-corrected chi connectivity index (χ1v) is 4.96. The minimum absolute atomic E-state index is 0.232. The topological polar surface area (TPSA) is 49.8 Å². The number of hydrogen-bond donors (Lipinski definition) is 1. The molecule has 0 aromatic carbocycles. The smallest absolute Gasteiger partial charge is 0.319 e. The molecule has 0 spiro atoms. The average Bonchev–Trinajstić information content (AvgIpc) is 2.10. The Morgan fingerprint density at radius 2 is 2.00 bits per heavy atom. The number of ether oxygens (including phenoxy) is 1. The second-order valence-corrected chi connectivity index (χ2v) is 3.78. The van der Waals surface area contributed by atoms with Gasteiger partial charge in [-0.1, -0.05) is 0 Å². The van der Waals surface area contributed by atoms with Crippen molar-refractivity contribution in [3.8, 4) is 0 Å². The molecule has 0 radical (unpaired) electrons. The van der Waals surface area contributed by atoms with Crippen LogP contribution in [-0.2, 0) is 9.53 Å². The monoisotopic (exact) mass is 203 g/mol.